The molecule has 0 radical (unpaired) electrons. The van der Waals surface area contributed by atoms with Crippen molar-refractivity contribution in [2.24, 2.45) is 16.6 Å². The van der Waals surface area contributed by atoms with Gasteiger partial charge in [0.25, 0.3) is 0 Å². The number of carbonyl (C=O) groups excluding carboxylic acids is 1. The van der Waals surface area contributed by atoms with E-state index < -0.39 is 11.6 Å². The minimum atomic E-state index is -0.778. The Morgan fingerprint density at radius 2 is 1.90 bits per heavy atom. The number of carbonyl (C=O) groups is 1. The van der Waals surface area contributed by atoms with Crippen molar-refractivity contribution in [2.45, 2.75) is 19.9 Å². The number of nitrogens with zero attached hydrogens (tertiary/aromatic N) is 3. The summed E-state index contributed by atoms with van der Waals surface area (Å²) in [6, 6.07) is 9.70. The van der Waals surface area contributed by atoms with Crippen LogP contribution in [-0.2, 0) is 0 Å². The average Bonchev–Trinajstić information content (AvgIpc) is 2.71. The lowest BCUT2D eigenvalue weighted by molar-refractivity contribution is 0.119. The highest BCUT2D eigenvalue weighted by Gasteiger charge is 2.32. The maximum absolute atomic E-state index is 13.9. The number of urea groups is 1. The van der Waals surface area contributed by atoms with Gasteiger partial charge in [-0.3, -0.25) is 0 Å². The first-order chi connectivity index (χ1) is 14.2. The van der Waals surface area contributed by atoms with Gasteiger partial charge in [-0.1, -0.05) is 25.4 Å². The number of piperazine rings is 1. The second-order valence-corrected chi connectivity index (χ2v) is 7.89. The normalized spacial score (nSPS) is 17.4. The Labute approximate surface area is 179 Å². The zero-order valence-electron chi connectivity index (χ0n) is 16.8. The summed E-state index contributed by atoms with van der Waals surface area (Å²) in [6.45, 7) is 5.33. The molecule has 1 fully saturated rings. The van der Waals surface area contributed by atoms with Gasteiger partial charge < -0.3 is 20.9 Å². The lowest BCUT2D eigenvalue weighted by atomic mass is 10.00. The van der Waals surface area contributed by atoms with Crippen LogP contribution in [0.15, 0.2) is 47.5 Å². The second-order valence-electron chi connectivity index (χ2n) is 7.45. The minimum absolute atomic E-state index is 0.0284. The van der Waals surface area contributed by atoms with Crippen molar-refractivity contribution in [3.05, 3.63) is 59.1 Å². The number of nitrogens with two attached hydrogens (primary N) is 1. The Hall–Kier alpha value is -2.87. The third-order valence-corrected chi connectivity index (χ3v) is 5.26. The van der Waals surface area contributed by atoms with Crippen LogP contribution in [0.25, 0.3) is 0 Å². The SMILES string of the molecule is CC(C)C1CN(C(=O)Nc2ccc(Cl)cc2)CCN1C(N)=Nc1ccc(F)cc1F. The molecule has 0 aromatic heterocycles. The van der Waals surface area contributed by atoms with Gasteiger partial charge in [0.05, 0.1) is 6.04 Å². The van der Waals surface area contributed by atoms with Crippen molar-refractivity contribution < 1.29 is 13.6 Å². The molecule has 30 heavy (non-hydrogen) atoms. The molecule has 1 saturated heterocycles. The number of halogens is 3. The zero-order chi connectivity index (χ0) is 21.8. The van der Waals surface area contributed by atoms with E-state index >= 15 is 0 Å². The standard InChI is InChI=1S/C21H24ClF2N5O/c1-13(2)19-12-28(21(30)26-16-6-3-14(22)4-7-16)9-10-29(19)20(25)27-18-8-5-15(23)11-17(18)24/h3-8,11,13,19H,9-10,12H2,1-2H3,(H2,25,27)(H,26,30). The number of guanidine groups is 1. The van der Waals surface area contributed by atoms with E-state index in [4.69, 9.17) is 17.3 Å². The van der Waals surface area contributed by atoms with Gasteiger partial charge in [0.15, 0.2) is 11.8 Å². The molecule has 1 aliphatic rings. The number of hydrogen-bond acceptors (Lipinski definition) is 2. The smallest absolute Gasteiger partial charge is 0.321 e. The molecule has 160 valence electrons. The van der Waals surface area contributed by atoms with Gasteiger partial charge in [-0.05, 0) is 42.3 Å². The van der Waals surface area contributed by atoms with E-state index in [1.165, 1.54) is 6.07 Å². The Morgan fingerprint density at radius 1 is 1.20 bits per heavy atom. The fourth-order valence-corrected chi connectivity index (χ4v) is 3.47. The van der Waals surface area contributed by atoms with E-state index in [1.54, 1.807) is 29.2 Å². The largest absolute Gasteiger partial charge is 0.369 e. The van der Waals surface area contributed by atoms with Gasteiger partial charge in [0.2, 0.25) is 0 Å². The van der Waals surface area contributed by atoms with Crippen LogP contribution in [-0.4, -0.2) is 47.5 Å². The molecule has 1 aliphatic heterocycles. The fraction of sp³-hybridized carbons (Fsp3) is 0.333. The van der Waals surface area contributed by atoms with Crippen LogP contribution in [0, 0.1) is 17.6 Å². The van der Waals surface area contributed by atoms with Crippen molar-refractivity contribution in [1.82, 2.24) is 9.80 Å². The maximum atomic E-state index is 13.9. The van der Waals surface area contributed by atoms with Gasteiger partial charge in [0.1, 0.15) is 11.5 Å². The van der Waals surface area contributed by atoms with Gasteiger partial charge in [-0.15, -0.1) is 0 Å². The summed E-state index contributed by atoms with van der Waals surface area (Å²) >= 11 is 5.88. The number of benzene rings is 2. The minimum Gasteiger partial charge on any atom is -0.369 e. The van der Waals surface area contributed by atoms with Crippen molar-refractivity contribution in [3.63, 3.8) is 0 Å². The summed E-state index contributed by atoms with van der Waals surface area (Å²) < 4.78 is 27.1. The first-order valence-corrected chi connectivity index (χ1v) is 9.99. The summed E-state index contributed by atoms with van der Waals surface area (Å²) in [5.74, 6) is -1.16. The van der Waals surface area contributed by atoms with Gasteiger partial charge in [-0.2, -0.15) is 0 Å². The van der Waals surface area contributed by atoms with E-state index in [0.717, 1.165) is 12.1 Å². The molecule has 0 saturated carbocycles. The molecule has 0 bridgehead atoms. The van der Waals surface area contributed by atoms with Gasteiger partial charge >= 0.3 is 6.03 Å². The fourth-order valence-electron chi connectivity index (χ4n) is 3.34. The molecule has 6 nitrogen and oxygen atoms in total. The molecule has 0 spiro atoms. The molecule has 1 atom stereocenters. The molecule has 3 rings (SSSR count). The lowest BCUT2D eigenvalue weighted by Gasteiger charge is -2.43. The van der Waals surface area contributed by atoms with Gasteiger partial charge in [0, 0.05) is 36.4 Å². The van der Waals surface area contributed by atoms with Crippen LogP contribution < -0.4 is 11.1 Å². The highest BCUT2D eigenvalue weighted by Crippen LogP contribution is 2.22. The molecule has 1 unspecified atom stereocenters. The number of anilines is 1. The predicted molar refractivity (Wildman–Crippen MR) is 115 cm³/mol. The van der Waals surface area contributed by atoms with E-state index in [1.807, 2.05) is 18.7 Å². The number of amides is 2. The van der Waals surface area contributed by atoms with E-state index in [0.29, 0.717) is 30.3 Å². The zero-order valence-corrected chi connectivity index (χ0v) is 17.5. The molecule has 1 heterocycles. The molecule has 3 N–H and O–H groups in total. The van der Waals surface area contributed by atoms with Crippen molar-refractivity contribution >= 4 is 35.0 Å². The van der Waals surface area contributed by atoms with Crippen LogP contribution in [0.3, 0.4) is 0 Å². The summed E-state index contributed by atoms with van der Waals surface area (Å²) in [5.41, 5.74) is 6.78. The highest BCUT2D eigenvalue weighted by molar-refractivity contribution is 6.30. The molecule has 2 aromatic carbocycles. The molecule has 2 aromatic rings. The molecular formula is C21H24ClF2N5O. The van der Waals surface area contributed by atoms with E-state index in [2.05, 4.69) is 10.3 Å². The van der Waals surface area contributed by atoms with Crippen LogP contribution in [0.2, 0.25) is 5.02 Å². The van der Waals surface area contributed by atoms with E-state index in [-0.39, 0.29) is 29.6 Å². The van der Waals surface area contributed by atoms with Crippen LogP contribution >= 0.6 is 11.6 Å². The van der Waals surface area contributed by atoms with Crippen molar-refractivity contribution in [3.8, 4) is 0 Å². The lowest BCUT2D eigenvalue weighted by Crippen LogP contribution is -2.60. The molecule has 2 amide bonds. The number of aliphatic imine (C=N–C) groups is 1. The Kier molecular flexibility index (Phi) is 6.77. The van der Waals surface area contributed by atoms with Crippen LogP contribution in [0.4, 0.5) is 25.0 Å². The Bertz CT molecular complexity index is 935. The molecule has 0 aliphatic carbocycles. The number of hydrogen-bond donors (Lipinski definition) is 2. The highest BCUT2D eigenvalue weighted by atomic mass is 35.5. The summed E-state index contributed by atoms with van der Waals surface area (Å²) in [4.78, 5) is 20.4. The number of nitrogens with one attached hydrogen (secondary N) is 1. The summed E-state index contributed by atoms with van der Waals surface area (Å²) in [5, 5.41) is 3.45. The summed E-state index contributed by atoms with van der Waals surface area (Å²) in [6.07, 6.45) is 0. The third-order valence-electron chi connectivity index (χ3n) is 5.01. The third kappa shape index (κ3) is 5.18. The summed E-state index contributed by atoms with van der Waals surface area (Å²) in [7, 11) is 0. The van der Waals surface area contributed by atoms with Crippen molar-refractivity contribution in [2.75, 3.05) is 25.0 Å². The first-order valence-electron chi connectivity index (χ1n) is 9.62. The first kappa shape index (κ1) is 21.8. The topological polar surface area (TPSA) is 74.0 Å². The Morgan fingerprint density at radius 3 is 2.53 bits per heavy atom. The quantitative estimate of drug-likeness (QED) is 0.553. The predicted octanol–water partition coefficient (Wildman–Crippen LogP) is 4.44. The van der Waals surface area contributed by atoms with Gasteiger partial charge in [-0.25, -0.2) is 18.6 Å². The second kappa shape index (κ2) is 9.30. The average molecular weight is 436 g/mol. The monoisotopic (exact) mass is 435 g/mol. The van der Waals surface area contributed by atoms with Crippen molar-refractivity contribution in [1.29, 1.82) is 0 Å². The molecular weight excluding hydrogens is 412 g/mol. The van der Waals surface area contributed by atoms with Crippen LogP contribution in [0.1, 0.15) is 13.8 Å². The number of rotatable bonds is 3. The molecule has 9 heteroatoms. The maximum Gasteiger partial charge on any atom is 0.321 e. The van der Waals surface area contributed by atoms with Crippen LogP contribution in [0.5, 0.6) is 0 Å². The Balaban J connectivity index is 1.72. The van der Waals surface area contributed by atoms with E-state index in [9.17, 15) is 13.6 Å².